The maximum Gasteiger partial charge on any atom is 0.150 e. The van der Waals surface area contributed by atoms with Crippen molar-refractivity contribution in [3.63, 3.8) is 0 Å². The summed E-state index contributed by atoms with van der Waals surface area (Å²) < 4.78 is 22.6. The molecule has 100 valence electrons. The zero-order chi connectivity index (χ0) is 13.2. The Hall–Kier alpha value is -1.07. The van der Waals surface area contributed by atoms with Gasteiger partial charge in [0.2, 0.25) is 0 Å². The van der Waals surface area contributed by atoms with Crippen molar-refractivity contribution in [2.45, 2.75) is 32.4 Å². The normalized spacial score (nSPS) is 19.8. The van der Waals surface area contributed by atoms with Gasteiger partial charge in [0.15, 0.2) is 0 Å². The average Bonchev–Trinajstić information content (AvgIpc) is 2.33. The summed E-state index contributed by atoms with van der Waals surface area (Å²) in [5.74, 6) is 0.864. The van der Waals surface area contributed by atoms with Crippen LogP contribution < -0.4 is 5.32 Å². The van der Waals surface area contributed by atoms with Gasteiger partial charge in [0.25, 0.3) is 0 Å². The molecule has 1 aliphatic heterocycles. The first kappa shape index (κ1) is 13.4. The summed E-state index contributed by atoms with van der Waals surface area (Å²) in [6.07, 6.45) is 1.32. The highest BCUT2D eigenvalue weighted by Gasteiger charge is 2.23. The van der Waals surface area contributed by atoms with Gasteiger partial charge in [-0.1, -0.05) is 18.2 Å². The molecule has 0 bridgehead atoms. The van der Waals surface area contributed by atoms with Crippen LogP contribution in [0.5, 0.6) is 5.75 Å². The SMILES string of the molecule is Cc1cccc(CNC2CCS(=O)(=O)CC2)c1O. The minimum absolute atomic E-state index is 0.230. The van der Waals surface area contributed by atoms with Crippen molar-refractivity contribution in [2.75, 3.05) is 11.5 Å². The van der Waals surface area contributed by atoms with Crippen molar-refractivity contribution in [3.05, 3.63) is 29.3 Å². The Morgan fingerprint density at radius 3 is 2.67 bits per heavy atom. The van der Waals surface area contributed by atoms with E-state index in [1.165, 1.54) is 0 Å². The van der Waals surface area contributed by atoms with Gasteiger partial charge in [0.1, 0.15) is 15.6 Å². The fourth-order valence-electron chi connectivity index (χ4n) is 2.21. The van der Waals surface area contributed by atoms with Crippen LogP contribution in [0.15, 0.2) is 18.2 Å². The molecule has 1 fully saturated rings. The molecule has 4 nitrogen and oxygen atoms in total. The summed E-state index contributed by atoms with van der Waals surface area (Å²) in [6, 6.07) is 5.90. The second-order valence-electron chi connectivity index (χ2n) is 4.89. The highest BCUT2D eigenvalue weighted by molar-refractivity contribution is 7.91. The Labute approximate surface area is 108 Å². The topological polar surface area (TPSA) is 66.4 Å². The summed E-state index contributed by atoms with van der Waals surface area (Å²) in [5.41, 5.74) is 1.73. The lowest BCUT2D eigenvalue weighted by Crippen LogP contribution is -2.37. The zero-order valence-electron chi connectivity index (χ0n) is 10.5. The van der Waals surface area contributed by atoms with Crippen LogP contribution in [0.25, 0.3) is 0 Å². The van der Waals surface area contributed by atoms with E-state index in [1.54, 1.807) is 0 Å². The van der Waals surface area contributed by atoms with E-state index in [2.05, 4.69) is 5.32 Å². The molecule has 0 atom stereocenters. The van der Waals surface area contributed by atoms with Crippen LogP contribution in [-0.2, 0) is 16.4 Å². The molecule has 1 aromatic rings. The van der Waals surface area contributed by atoms with Crippen LogP contribution in [0.1, 0.15) is 24.0 Å². The Morgan fingerprint density at radius 1 is 1.33 bits per heavy atom. The molecular weight excluding hydrogens is 250 g/mol. The number of hydrogen-bond donors (Lipinski definition) is 2. The van der Waals surface area contributed by atoms with E-state index >= 15 is 0 Å². The molecule has 1 aliphatic rings. The van der Waals surface area contributed by atoms with Gasteiger partial charge in [0, 0.05) is 18.2 Å². The van der Waals surface area contributed by atoms with E-state index < -0.39 is 9.84 Å². The van der Waals surface area contributed by atoms with Crippen LogP contribution in [0.4, 0.5) is 0 Å². The van der Waals surface area contributed by atoms with Crippen LogP contribution in [0, 0.1) is 6.92 Å². The predicted octanol–water partition coefficient (Wildman–Crippen LogP) is 1.37. The summed E-state index contributed by atoms with van der Waals surface area (Å²) in [5, 5.41) is 13.2. The van der Waals surface area contributed by atoms with Gasteiger partial charge in [-0.05, 0) is 25.3 Å². The maximum atomic E-state index is 11.3. The second kappa shape index (κ2) is 5.28. The van der Waals surface area contributed by atoms with Gasteiger partial charge in [-0.25, -0.2) is 8.42 Å². The van der Waals surface area contributed by atoms with Crippen molar-refractivity contribution in [3.8, 4) is 5.75 Å². The minimum atomic E-state index is -2.80. The zero-order valence-corrected chi connectivity index (χ0v) is 11.3. The number of phenolic OH excluding ortho intramolecular Hbond substituents is 1. The van der Waals surface area contributed by atoms with E-state index in [4.69, 9.17) is 0 Å². The third-order valence-electron chi connectivity index (χ3n) is 3.46. The van der Waals surface area contributed by atoms with Crippen LogP contribution in [0.3, 0.4) is 0 Å². The van der Waals surface area contributed by atoms with E-state index in [1.807, 2.05) is 25.1 Å². The summed E-state index contributed by atoms with van der Waals surface area (Å²) in [7, 11) is -2.80. The quantitative estimate of drug-likeness (QED) is 0.869. The fraction of sp³-hybridized carbons (Fsp3) is 0.538. The summed E-state index contributed by atoms with van der Waals surface area (Å²) in [6.45, 7) is 2.45. The third kappa shape index (κ3) is 3.23. The Kier molecular flexibility index (Phi) is 3.92. The molecule has 0 spiro atoms. The van der Waals surface area contributed by atoms with Gasteiger partial charge in [-0.2, -0.15) is 0 Å². The molecule has 18 heavy (non-hydrogen) atoms. The van der Waals surface area contributed by atoms with E-state index in [-0.39, 0.29) is 17.5 Å². The highest BCUT2D eigenvalue weighted by atomic mass is 32.2. The van der Waals surface area contributed by atoms with E-state index in [0.717, 1.165) is 11.1 Å². The number of aryl methyl sites for hydroxylation is 1. The lowest BCUT2D eigenvalue weighted by atomic mass is 10.1. The van der Waals surface area contributed by atoms with Gasteiger partial charge < -0.3 is 10.4 Å². The van der Waals surface area contributed by atoms with Crippen molar-refractivity contribution in [2.24, 2.45) is 0 Å². The Morgan fingerprint density at radius 2 is 2.00 bits per heavy atom. The number of sulfone groups is 1. The largest absolute Gasteiger partial charge is 0.507 e. The van der Waals surface area contributed by atoms with E-state index in [0.29, 0.717) is 25.1 Å². The molecule has 0 amide bonds. The number of rotatable bonds is 3. The fourth-order valence-corrected chi connectivity index (χ4v) is 3.70. The average molecular weight is 269 g/mol. The summed E-state index contributed by atoms with van der Waals surface area (Å²) >= 11 is 0. The van der Waals surface area contributed by atoms with Gasteiger partial charge in [0.05, 0.1) is 11.5 Å². The van der Waals surface area contributed by atoms with Crippen LogP contribution in [0.2, 0.25) is 0 Å². The Balaban J connectivity index is 1.91. The second-order valence-corrected chi connectivity index (χ2v) is 7.19. The summed E-state index contributed by atoms with van der Waals surface area (Å²) in [4.78, 5) is 0. The standard InChI is InChI=1S/C13H19NO3S/c1-10-3-2-4-11(13(10)15)9-14-12-5-7-18(16,17)8-6-12/h2-4,12,14-15H,5-9H2,1H3. The number of benzene rings is 1. The molecule has 2 N–H and O–H groups in total. The molecular formula is C13H19NO3S. The number of aromatic hydroxyl groups is 1. The molecule has 2 rings (SSSR count). The van der Waals surface area contributed by atoms with Gasteiger partial charge in [-0.3, -0.25) is 0 Å². The molecule has 1 saturated heterocycles. The molecule has 0 aromatic heterocycles. The maximum absolute atomic E-state index is 11.3. The molecule has 0 aliphatic carbocycles. The lowest BCUT2D eigenvalue weighted by molar-refractivity contribution is 0.438. The van der Waals surface area contributed by atoms with Gasteiger partial charge in [-0.15, -0.1) is 0 Å². The molecule has 5 heteroatoms. The first-order valence-corrected chi connectivity index (χ1v) is 8.01. The molecule has 0 unspecified atom stereocenters. The van der Waals surface area contributed by atoms with E-state index in [9.17, 15) is 13.5 Å². The first-order chi connectivity index (χ1) is 8.48. The number of hydrogen-bond acceptors (Lipinski definition) is 4. The smallest absolute Gasteiger partial charge is 0.150 e. The Bertz CT molecular complexity index is 511. The highest BCUT2D eigenvalue weighted by Crippen LogP contribution is 2.22. The molecule has 1 heterocycles. The molecule has 1 aromatic carbocycles. The minimum Gasteiger partial charge on any atom is -0.507 e. The molecule has 0 saturated carbocycles. The van der Waals surface area contributed by atoms with Crippen LogP contribution in [-0.4, -0.2) is 31.1 Å². The number of nitrogens with one attached hydrogen (secondary N) is 1. The van der Waals surface area contributed by atoms with Gasteiger partial charge >= 0.3 is 0 Å². The van der Waals surface area contributed by atoms with Crippen molar-refractivity contribution in [1.29, 1.82) is 0 Å². The van der Waals surface area contributed by atoms with Crippen LogP contribution >= 0.6 is 0 Å². The number of phenols is 1. The van der Waals surface area contributed by atoms with Crippen molar-refractivity contribution in [1.82, 2.24) is 5.32 Å². The van der Waals surface area contributed by atoms with Crippen molar-refractivity contribution < 1.29 is 13.5 Å². The van der Waals surface area contributed by atoms with Crippen molar-refractivity contribution >= 4 is 9.84 Å². The number of para-hydroxylation sites is 1. The lowest BCUT2D eigenvalue weighted by Gasteiger charge is -2.23. The monoisotopic (exact) mass is 269 g/mol. The molecule has 0 radical (unpaired) electrons. The predicted molar refractivity (Wildman–Crippen MR) is 71.4 cm³/mol. The third-order valence-corrected chi connectivity index (χ3v) is 5.17. The first-order valence-electron chi connectivity index (χ1n) is 6.19.